The van der Waals surface area contributed by atoms with Gasteiger partial charge in [0.1, 0.15) is 11.5 Å². The lowest BCUT2D eigenvalue weighted by Crippen LogP contribution is -2.00. The monoisotopic (exact) mass is 283 g/mol. The molecular formula is C17H17NO3. The molecule has 0 bridgehead atoms. The van der Waals surface area contributed by atoms with Crippen molar-refractivity contribution in [1.82, 2.24) is 0 Å². The van der Waals surface area contributed by atoms with Crippen LogP contribution in [0.1, 0.15) is 18.1 Å². The van der Waals surface area contributed by atoms with Gasteiger partial charge in [-0.3, -0.25) is 4.79 Å². The fraction of sp³-hybridized carbons (Fsp3) is 0.118. The third-order valence-electron chi connectivity index (χ3n) is 2.89. The SMILES string of the molecule is COc1ccc(/C=C/c2ccc(OC(C)=O)cc2)c(N)c1. The molecule has 0 atom stereocenters. The van der Waals surface area contributed by atoms with Gasteiger partial charge in [0.05, 0.1) is 7.11 Å². The van der Waals surface area contributed by atoms with Gasteiger partial charge in [0.2, 0.25) is 0 Å². The van der Waals surface area contributed by atoms with E-state index in [-0.39, 0.29) is 5.97 Å². The molecular weight excluding hydrogens is 266 g/mol. The molecule has 0 fully saturated rings. The maximum atomic E-state index is 10.8. The van der Waals surface area contributed by atoms with Crippen LogP contribution in [0.2, 0.25) is 0 Å². The fourth-order valence-corrected chi connectivity index (χ4v) is 1.83. The van der Waals surface area contributed by atoms with E-state index in [9.17, 15) is 4.79 Å². The molecule has 0 saturated heterocycles. The number of rotatable bonds is 4. The first-order chi connectivity index (χ1) is 10.1. The summed E-state index contributed by atoms with van der Waals surface area (Å²) in [6.07, 6.45) is 3.87. The number of anilines is 1. The van der Waals surface area contributed by atoms with Gasteiger partial charge in [-0.25, -0.2) is 0 Å². The lowest BCUT2D eigenvalue weighted by atomic mass is 10.1. The third-order valence-corrected chi connectivity index (χ3v) is 2.89. The highest BCUT2D eigenvalue weighted by atomic mass is 16.5. The zero-order valence-corrected chi connectivity index (χ0v) is 12.0. The zero-order valence-electron chi connectivity index (χ0n) is 12.0. The van der Waals surface area contributed by atoms with Crippen molar-refractivity contribution in [1.29, 1.82) is 0 Å². The smallest absolute Gasteiger partial charge is 0.308 e. The third kappa shape index (κ3) is 4.11. The van der Waals surface area contributed by atoms with E-state index in [4.69, 9.17) is 15.2 Å². The van der Waals surface area contributed by atoms with E-state index in [0.717, 1.165) is 16.9 Å². The van der Waals surface area contributed by atoms with E-state index in [2.05, 4.69) is 0 Å². The summed E-state index contributed by atoms with van der Waals surface area (Å²) in [5, 5.41) is 0. The van der Waals surface area contributed by atoms with Crippen LogP contribution in [-0.2, 0) is 4.79 Å². The highest BCUT2D eigenvalue weighted by Gasteiger charge is 1.99. The second-order valence-corrected chi connectivity index (χ2v) is 4.49. The first-order valence-electron chi connectivity index (χ1n) is 6.48. The number of nitrogen functional groups attached to an aromatic ring is 1. The van der Waals surface area contributed by atoms with E-state index in [1.54, 1.807) is 25.3 Å². The normalized spacial score (nSPS) is 10.6. The van der Waals surface area contributed by atoms with Crippen LogP contribution in [0, 0.1) is 0 Å². The Morgan fingerprint density at radius 1 is 1.05 bits per heavy atom. The zero-order chi connectivity index (χ0) is 15.2. The van der Waals surface area contributed by atoms with E-state index in [0.29, 0.717) is 11.4 Å². The van der Waals surface area contributed by atoms with Crippen molar-refractivity contribution < 1.29 is 14.3 Å². The summed E-state index contributed by atoms with van der Waals surface area (Å²) in [6, 6.07) is 12.8. The molecule has 0 unspecified atom stereocenters. The predicted octanol–water partition coefficient (Wildman–Crippen LogP) is 3.37. The first-order valence-corrected chi connectivity index (χ1v) is 6.48. The van der Waals surface area contributed by atoms with Gasteiger partial charge in [-0.1, -0.05) is 24.3 Å². The molecule has 0 aromatic heterocycles. The van der Waals surface area contributed by atoms with Crippen molar-refractivity contribution in [2.24, 2.45) is 0 Å². The summed E-state index contributed by atoms with van der Waals surface area (Å²) in [5.74, 6) is 0.934. The Kier molecular flexibility index (Phi) is 4.61. The van der Waals surface area contributed by atoms with Crippen molar-refractivity contribution in [2.75, 3.05) is 12.8 Å². The van der Waals surface area contributed by atoms with Gasteiger partial charge in [0.25, 0.3) is 0 Å². The van der Waals surface area contributed by atoms with Gasteiger partial charge in [0, 0.05) is 18.7 Å². The molecule has 0 heterocycles. The lowest BCUT2D eigenvalue weighted by molar-refractivity contribution is -0.131. The quantitative estimate of drug-likeness (QED) is 0.404. The molecule has 4 heteroatoms. The highest BCUT2D eigenvalue weighted by molar-refractivity contribution is 5.76. The largest absolute Gasteiger partial charge is 0.497 e. The Bertz CT molecular complexity index is 660. The highest BCUT2D eigenvalue weighted by Crippen LogP contribution is 2.22. The number of hydrogen-bond donors (Lipinski definition) is 1. The topological polar surface area (TPSA) is 61.5 Å². The van der Waals surface area contributed by atoms with Crippen LogP contribution in [-0.4, -0.2) is 13.1 Å². The Hall–Kier alpha value is -2.75. The van der Waals surface area contributed by atoms with Crippen molar-refractivity contribution >= 4 is 23.8 Å². The average molecular weight is 283 g/mol. The van der Waals surface area contributed by atoms with Crippen molar-refractivity contribution in [3.63, 3.8) is 0 Å². The van der Waals surface area contributed by atoms with E-state index < -0.39 is 0 Å². The molecule has 21 heavy (non-hydrogen) atoms. The molecule has 4 nitrogen and oxygen atoms in total. The maximum absolute atomic E-state index is 10.8. The summed E-state index contributed by atoms with van der Waals surface area (Å²) >= 11 is 0. The van der Waals surface area contributed by atoms with Gasteiger partial charge >= 0.3 is 5.97 Å². The average Bonchev–Trinajstić information content (AvgIpc) is 2.47. The minimum Gasteiger partial charge on any atom is -0.497 e. The van der Waals surface area contributed by atoms with Crippen molar-refractivity contribution in [2.45, 2.75) is 6.92 Å². The second kappa shape index (κ2) is 6.61. The molecule has 0 aliphatic heterocycles. The van der Waals surface area contributed by atoms with Crippen LogP contribution in [0.15, 0.2) is 42.5 Å². The van der Waals surface area contributed by atoms with Gasteiger partial charge in [-0.2, -0.15) is 0 Å². The van der Waals surface area contributed by atoms with Crippen LogP contribution in [0.4, 0.5) is 5.69 Å². The Labute approximate surface area is 123 Å². The number of carbonyl (C=O) groups excluding carboxylic acids is 1. The minimum absolute atomic E-state index is 0.329. The number of hydrogen-bond acceptors (Lipinski definition) is 4. The Balaban J connectivity index is 2.12. The maximum Gasteiger partial charge on any atom is 0.308 e. The molecule has 0 spiro atoms. The van der Waals surface area contributed by atoms with Crippen LogP contribution in [0.5, 0.6) is 11.5 Å². The molecule has 0 amide bonds. The summed E-state index contributed by atoms with van der Waals surface area (Å²) < 4.78 is 10.1. The second-order valence-electron chi connectivity index (χ2n) is 4.49. The molecule has 0 aliphatic carbocycles. The Morgan fingerprint density at radius 3 is 2.29 bits per heavy atom. The molecule has 2 rings (SSSR count). The molecule has 0 radical (unpaired) electrons. The number of methoxy groups -OCH3 is 1. The lowest BCUT2D eigenvalue weighted by Gasteiger charge is -2.04. The summed E-state index contributed by atoms with van der Waals surface area (Å²) in [4.78, 5) is 10.8. The molecule has 0 saturated carbocycles. The molecule has 2 N–H and O–H groups in total. The van der Waals surface area contributed by atoms with Crippen LogP contribution in [0.25, 0.3) is 12.2 Å². The van der Waals surface area contributed by atoms with Gasteiger partial charge in [-0.05, 0) is 35.4 Å². The summed E-state index contributed by atoms with van der Waals surface area (Å²) in [6.45, 7) is 1.38. The minimum atomic E-state index is -0.329. The van der Waals surface area contributed by atoms with Crippen molar-refractivity contribution in [3.05, 3.63) is 53.6 Å². The van der Waals surface area contributed by atoms with Gasteiger partial charge < -0.3 is 15.2 Å². The van der Waals surface area contributed by atoms with Gasteiger partial charge in [-0.15, -0.1) is 0 Å². The van der Waals surface area contributed by atoms with E-state index >= 15 is 0 Å². The molecule has 108 valence electrons. The Morgan fingerprint density at radius 2 is 1.71 bits per heavy atom. The number of nitrogens with two attached hydrogens (primary N) is 1. The number of carbonyl (C=O) groups is 1. The molecule has 2 aromatic carbocycles. The fourth-order valence-electron chi connectivity index (χ4n) is 1.83. The number of ether oxygens (including phenoxy) is 2. The van der Waals surface area contributed by atoms with Crippen LogP contribution in [0.3, 0.4) is 0 Å². The standard InChI is InChI=1S/C17H17NO3/c1-12(19)21-15-8-4-13(5-9-15)3-6-14-7-10-16(20-2)11-17(14)18/h3-11H,18H2,1-2H3/b6-3+. The first kappa shape index (κ1) is 14.7. The molecule has 2 aromatic rings. The summed E-state index contributed by atoms with van der Waals surface area (Å²) in [7, 11) is 1.61. The number of esters is 1. The number of benzene rings is 2. The predicted molar refractivity (Wildman–Crippen MR) is 84.1 cm³/mol. The van der Waals surface area contributed by atoms with E-state index in [1.165, 1.54) is 6.92 Å². The van der Waals surface area contributed by atoms with Crippen molar-refractivity contribution in [3.8, 4) is 11.5 Å². The molecule has 0 aliphatic rings. The van der Waals surface area contributed by atoms with Gasteiger partial charge in [0.15, 0.2) is 0 Å². The van der Waals surface area contributed by atoms with E-state index in [1.807, 2.05) is 36.4 Å². The van der Waals surface area contributed by atoms with Crippen LogP contribution < -0.4 is 15.2 Å². The summed E-state index contributed by atoms with van der Waals surface area (Å²) in [5.41, 5.74) is 8.51. The van der Waals surface area contributed by atoms with Crippen LogP contribution >= 0.6 is 0 Å².